The lowest BCUT2D eigenvalue weighted by molar-refractivity contribution is 0.102. The molecule has 0 saturated carbocycles. The van der Waals surface area contributed by atoms with Crippen LogP contribution < -0.4 is 20.7 Å². The Morgan fingerprint density at radius 2 is 2.14 bits per heavy atom. The number of amides is 2. The van der Waals surface area contributed by atoms with Gasteiger partial charge in [-0.25, -0.2) is 9.48 Å². The van der Waals surface area contributed by atoms with Crippen molar-refractivity contribution < 1.29 is 14.3 Å². The number of aromatic nitrogens is 2. The highest BCUT2D eigenvalue weighted by Crippen LogP contribution is 2.32. The van der Waals surface area contributed by atoms with Gasteiger partial charge in [0.1, 0.15) is 10.3 Å². The van der Waals surface area contributed by atoms with E-state index in [9.17, 15) is 9.59 Å². The zero-order valence-electron chi connectivity index (χ0n) is 15.3. The maximum absolute atomic E-state index is 12.5. The highest BCUT2D eigenvalue weighted by Gasteiger charge is 2.22. The van der Waals surface area contributed by atoms with Gasteiger partial charge in [-0.15, -0.1) is 5.10 Å². The summed E-state index contributed by atoms with van der Waals surface area (Å²) in [5, 5.41) is 13.3. The summed E-state index contributed by atoms with van der Waals surface area (Å²) < 4.78 is 7.10. The summed E-state index contributed by atoms with van der Waals surface area (Å²) in [5.41, 5.74) is 0.332. The number of carbonyl (C=O) groups excluding carboxylic acids is 2. The molecule has 2 heterocycles. The second-order valence-electron chi connectivity index (χ2n) is 6.46. The van der Waals surface area contributed by atoms with Crippen molar-refractivity contribution >= 4 is 45.3 Å². The van der Waals surface area contributed by atoms with Crippen molar-refractivity contribution in [2.75, 3.05) is 18.4 Å². The quantitative estimate of drug-likeness (QED) is 0.637. The summed E-state index contributed by atoms with van der Waals surface area (Å²) in [6.07, 6.45) is 2.44. The van der Waals surface area contributed by atoms with Crippen molar-refractivity contribution in [3.05, 3.63) is 39.3 Å². The summed E-state index contributed by atoms with van der Waals surface area (Å²) in [4.78, 5) is 24.7. The number of aryl methyl sites for hydroxylation is 1. The first-order valence-corrected chi connectivity index (χ1v) is 10.1. The second-order valence-corrected chi connectivity index (χ2v) is 7.66. The predicted molar refractivity (Wildman–Crippen MR) is 110 cm³/mol. The average Bonchev–Trinajstić information content (AvgIpc) is 2.84. The fourth-order valence-electron chi connectivity index (χ4n) is 2.92. The number of rotatable bonds is 4. The van der Waals surface area contributed by atoms with Gasteiger partial charge in [-0.3, -0.25) is 4.79 Å². The van der Waals surface area contributed by atoms with E-state index < -0.39 is 12.0 Å². The lowest BCUT2D eigenvalue weighted by Gasteiger charge is -2.15. The van der Waals surface area contributed by atoms with Gasteiger partial charge >= 0.3 is 6.09 Å². The van der Waals surface area contributed by atoms with Crippen LogP contribution in [0.2, 0.25) is 5.02 Å². The zero-order valence-corrected chi connectivity index (χ0v) is 17.6. The van der Waals surface area contributed by atoms with Crippen LogP contribution in [0.1, 0.15) is 29.6 Å². The number of ether oxygens (including phenoxy) is 1. The number of nitrogens with zero attached hydrogens (tertiary/aromatic N) is 2. The zero-order chi connectivity index (χ0) is 20.1. The molecule has 0 spiro atoms. The summed E-state index contributed by atoms with van der Waals surface area (Å²) in [7, 11) is 1.63. The van der Waals surface area contributed by atoms with Gasteiger partial charge in [0.25, 0.3) is 11.8 Å². The molecule has 0 bridgehead atoms. The lowest BCUT2D eigenvalue weighted by Crippen LogP contribution is -2.42. The number of halogens is 2. The molecule has 3 N–H and O–H groups in total. The molecule has 3 rings (SSSR count). The van der Waals surface area contributed by atoms with Gasteiger partial charge in [-0.2, -0.15) is 0 Å². The Balaban J connectivity index is 1.66. The first-order chi connectivity index (χ1) is 13.5. The number of benzene rings is 1. The molecule has 2 amide bonds. The molecule has 1 aliphatic rings. The molecule has 1 fully saturated rings. The van der Waals surface area contributed by atoms with Gasteiger partial charge in [0.2, 0.25) is 0 Å². The van der Waals surface area contributed by atoms with E-state index >= 15 is 0 Å². The van der Waals surface area contributed by atoms with Crippen LogP contribution in [0, 0.1) is 0 Å². The van der Waals surface area contributed by atoms with E-state index in [2.05, 4.69) is 37.0 Å². The lowest BCUT2D eigenvalue weighted by atomic mass is 10.1. The average molecular weight is 471 g/mol. The standard InChI is InChI=1S/C18H21BrClN5O3/c1-25-15(23-16(26)12-7-2-3-8-13(12)20)14(19)17(24-25)28-18(27)22-11-6-4-5-9-21-10-11/h2-3,7-8,11,21H,4-6,9-10H2,1H3,(H,22,27)(H,23,26)/t11-/m1/s1. The molecule has 0 radical (unpaired) electrons. The van der Waals surface area contributed by atoms with E-state index in [1.54, 1.807) is 31.3 Å². The van der Waals surface area contributed by atoms with E-state index in [0.29, 0.717) is 27.4 Å². The molecule has 0 aliphatic carbocycles. The van der Waals surface area contributed by atoms with Gasteiger partial charge in [0, 0.05) is 19.6 Å². The largest absolute Gasteiger partial charge is 0.414 e. The third-order valence-electron chi connectivity index (χ3n) is 4.37. The summed E-state index contributed by atoms with van der Waals surface area (Å²) in [6, 6.07) is 6.73. The molecule has 1 atom stereocenters. The minimum atomic E-state index is -0.587. The monoisotopic (exact) mass is 469 g/mol. The van der Waals surface area contributed by atoms with Crippen LogP contribution in [-0.2, 0) is 7.05 Å². The highest BCUT2D eigenvalue weighted by atomic mass is 79.9. The molecule has 28 heavy (non-hydrogen) atoms. The highest BCUT2D eigenvalue weighted by molar-refractivity contribution is 9.10. The Bertz CT molecular complexity index is 865. The van der Waals surface area contributed by atoms with E-state index in [1.807, 2.05) is 0 Å². The molecular formula is C18H21BrClN5O3. The van der Waals surface area contributed by atoms with Crippen LogP contribution in [-0.4, -0.2) is 40.9 Å². The van der Waals surface area contributed by atoms with E-state index in [-0.39, 0.29) is 11.9 Å². The minimum absolute atomic E-state index is 0.0110. The number of nitrogens with one attached hydrogen (secondary N) is 3. The Kier molecular flexibility index (Phi) is 6.93. The van der Waals surface area contributed by atoms with Gasteiger partial charge in [-0.05, 0) is 47.4 Å². The van der Waals surface area contributed by atoms with Crippen molar-refractivity contribution in [2.24, 2.45) is 7.05 Å². The topological polar surface area (TPSA) is 97.3 Å². The van der Waals surface area contributed by atoms with Gasteiger partial charge in [-0.1, -0.05) is 30.2 Å². The molecule has 1 aromatic carbocycles. The minimum Gasteiger partial charge on any atom is -0.388 e. The van der Waals surface area contributed by atoms with E-state index in [1.165, 1.54) is 4.68 Å². The van der Waals surface area contributed by atoms with Crippen LogP contribution in [0.5, 0.6) is 5.88 Å². The van der Waals surface area contributed by atoms with Gasteiger partial charge in [0.05, 0.1) is 10.6 Å². The van der Waals surface area contributed by atoms with Crippen molar-refractivity contribution in [2.45, 2.75) is 25.3 Å². The molecule has 8 nitrogen and oxygen atoms in total. The Morgan fingerprint density at radius 3 is 2.93 bits per heavy atom. The molecule has 1 aliphatic heterocycles. The van der Waals surface area contributed by atoms with Crippen molar-refractivity contribution in [3.8, 4) is 5.88 Å². The maximum atomic E-state index is 12.5. The molecule has 150 valence electrons. The smallest absolute Gasteiger partial charge is 0.388 e. The summed E-state index contributed by atoms with van der Waals surface area (Å²) >= 11 is 9.40. The molecule has 2 aromatic rings. The van der Waals surface area contributed by atoms with Crippen molar-refractivity contribution in [1.29, 1.82) is 0 Å². The van der Waals surface area contributed by atoms with Gasteiger partial charge in [0.15, 0.2) is 0 Å². The van der Waals surface area contributed by atoms with Crippen molar-refractivity contribution in [3.63, 3.8) is 0 Å². The molecular weight excluding hydrogens is 450 g/mol. The van der Waals surface area contributed by atoms with Crippen LogP contribution in [0.3, 0.4) is 0 Å². The van der Waals surface area contributed by atoms with Crippen molar-refractivity contribution in [1.82, 2.24) is 20.4 Å². The first kappa shape index (κ1) is 20.6. The van der Waals surface area contributed by atoms with E-state index in [0.717, 1.165) is 25.8 Å². The third-order valence-corrected chi connectivity index (χ3v) is 5.41. The second kappa shape index (κ2) is 9.40. The Morgan fingerprint density at radius 1 is 1.36 bits per heavy atom. The Hall–Kier alpha value is -2.10. The van der Waals surface area contributed by atoms with Crippen LogP contribution >= 0.6 is 27.5 Å². The summed E-state index contributed by atoms with van der Waals surface area (Å²) in [5.74, 6) is 0.0229. The van der Waals surface area contributed by atoms with Crippen LogP contribution in [0.4, 0.5) is 10.6 Å². The number of hydrogen-bond acceptors (Lipinski definition) is 5. The van der Waals surface area contributed by atoms with Crippen LogP contribution in [0.25, 0.3) is 0 Å². The fraction of sp³-hybridized carbons (Fsp3) is 0.389. The maximum Gasteiger partial charge on any atom is 0.414 e. The molecule has 10 heteroatoms. The normalized spacial score (nSPS) is 16.9. The molecule has 0 unspecified atom stereocenters. The van der Waals surface area contributed by atoms with Gasteiger partial charge < -0.3 is 20.7 Å². The molecule has 1 saturated heterocycles. The predicted octanol–water partition coefficient (Wildman–Crippen LogP) is 3.32. The third kappa shape index (κ3) is 5.03. The number of carbonyl (C=O) groups is 2. The number of hydrogen-bond donors (Lipinski definition) is 3. The molecule has 1 aromatic heterocycles. The number of anilines is 1. The first-order valence-electron chi connectivity index (χ1n) is 8.93. The van der Waals surface area contributed by atoms with Crippen LogP contribution in [0.15, 0.2) is 28.7 Å². The van der Waals surface area contributed by atoms with E-state index in [4.69, 9.17) is 16.3 Å². The fourth-order valence-corrected chi connectivity index (χ4v) is 3.66. The SMILES string of the molecule is Cn1nc(OC(=O)N[C@@H]2CCCCNC2)c(Br)c1NC(=O)c1ccccc1Cl. The summed E-state index contributed by atoms with van der Waals surface area (Å²) in [6.45, 7) is 1.66. The Labute approximate surface area is 176 Å².